The molecule has 0 aromatic rings. The van der Waals surface area contributed by atoms with Gasteiger partial charge >= 0.3 is 0 Å². The fraction of sp³-hybridized carbons (Fsp3) is 1.00. The van der Waals surface area contributed by atoms with E-state index in [1.54, 1.807) is 11.2 Å². The van der Waals surface area contributed by atoms with Crippen molar-refractivity contribution >= 4 is 10.0 Å². The van der Waals surface area contributed by atoms with Crippen LogP contribution in [0.4, 0.5) is 0 Å². The van der Waals surface area contributed by atoms with E-state index < -0.39 is 10.0 Å². The van der Waals surface area contributed by atoms with Crippen molar-refractivity contribution in [3.63, 3.8) is 0 Å². The average molecular weight is 276 g/mol. The molecule has 1 fully saturated rings. The highest BCUT2D eigenvalue weighted by Gasteiger charge is 2.30. The lowest BCUT2D eigenvalue weighted by Crippen LogP contribution is -2.44. The largest absolute Gasteiger partial charge is 0.315 e. The van der Waals surface area contributed by atoms with Gasteiger partial charge in [0.25, 0.3) is 0 Å². The zero-order chi connectivity index (χ0) is 13.6. The Kier molecular flexibility index (Phi) is 6.60. The Morgan fingerprint density at radius 2 is 2.00 bits per heavy atom. The van der Waals surface area contributed by atoms with E-state index in [9.17, 15) is 8.42 Å². The van der Waals surface area contributed by atoms with Crippen molar-refractivity contribution in [3.05, 3.63) is 0 Å². The third-order valence-corrected chi connectivity index (χ3v) is 6.08. The molecule has 0 bridgehead atoms. The summed E-state index contributed by atoms with van der Waals surface area (Å²) in [5.74, 6) is 0.593. The molecule has 1 atom stereocenters. The Balaban J connectivity index is 2.51. The van der Waals surface area contributed by atoms with Crippen LogP contribution in [0.1, 0.15) is 46.5 Å². The lowest BCUT2D eigenvalue weighted by atomic mass is 9.85. The molecule has 0 aromatic carbocycles. The normalized spacial score (nSPS) is 18.9. The van der Waals surface area contributed by atoms with Crippen molar-refractivity contribution in [1.82, 2.24) is 9.62 Å². The Morgan fingerprint density at radius 3 is 2.44 bits per heavy atom. The molecule has 108 valence electrons. The molecule has 0 aromatic heterocycles. The predicted octanol–water partition coefficient (Wildman–Crippen LogP) is 1.83. The lowest BCUT2D eigenvalue weighted by Gasteiger charge is -2.32. The van der Waals surface area contributed by atoms with Crippen LogP contribution in [0, 0.1) is 5.92 Å². The van der Waals surface area contributed by atoms with E-state index in [1.807, 2.05) is 6.92 Å². The summed E-state index contributed by atoms with van der Waals surface area (Å²) in [6.07, 6.45) is 4.67. The summed E-state index contributed by atoms with van der Waals surface area (Å²) in [6, 6.07) is 0. The molecule has 4 nitrogen and oxygen atoms in total. The zero-order valence-corrected chi connectivity index (χ0v) is 12.8. The van der Waals surface area contributed by atoms with E-state index in [0.29, 0.717) is 19.0 Å². The molecule has 1 N–H and O–H groups in total. The second kappa shape index (κ2) is 7.46. The summed E-state index contributed by atoms with van der Waals surface area (Å²) < 4.78 is 26.5. The van der Waals surface area contributed by atoms with Gasteiger partial charge in [-0.05, 0) is 38.6 Å². The van der Waals surface area contributed by atoms with Gasteiger partial charge in [-0.15, -0.1) is 0 Å². The molecule has 0 aliphatic heterocycles. The smallest absolute Gasteiger partial charge is 0.217 e. The topological polar surface area (TPSA) is 49.4 Å². The van der Waals surface area contributed by atoms with Gasteiger partial charge in [-0.25, -0.2) is 12.7 Å². The van der Waals surface area contributed by atoms with Crippen LogP contribution >= 0.6 is 0 Å². The highest BCUT2D eigenvalue weighted by atomic mass is 32.2. The minimum absolute atomic E-state index is 0.330. The number of sulfonamides is 1. The standard InChI is InChI=1S/C13H28N2O2S/c1-4-9-14-10-12(3)18(16,17)15(5-2)11-13-7-6-8-13/h12-14H,4-11H2,1-3H3. The Morgan fingerprint density at radius 1 is 1.33 bits per heavy atom. The Hall–Kier alpha value is -0.130. The highest BCUT2D eigenvalue weighted by molar-refractivity contribution is 7.89. The van der Waals surface area contributed by atoms with Gasteiger partial charge in [0.2, 0.25) is 10.0 Å². The van der Waals surface area contributed by atoms with E-state index in [1.165, 1.54) is 19.3 Å². The SMILES string of the molecule is CCCNCC(C)S(=O)(=O)N(CC)CC1CCC1. The van der Waals surface area contributed by atoms with Crippen molar-refractivity contribution in [1.29, 1.82) is 0 Å². The maximum absolute atomic E-state index is 12.4. The fourth-order valence-corrected chi connectivity index (χ4v) is 3.83. The van der Waals surface area contributed by atoms with Gasteiger partial charge in [-0.1, -0.05) is 20.3 Å². The second-order valence-corrected chi connectivity index (χ2v) is 7.66. The van der Waals surface area contributed by atoms with Crippen molar-refractivity contribution in [2.24, 2.45) is 5.92 Å². The highest BCUT2D eigenvalue weighted by Crippen LogP contribution is 2.28. The quantitative estimate of drug-likeness (QED) is 0.654. The van der Waals surface area contributed by atoms with Gasteiger partial charge in [0.15, 0.2) is 0 Å². The molecular weight excluding hydrogens is 248 g/mol. The zero-order valence-electron chi connectivity index (χ0n) is 12.0. The van der Waals surface area contributed by atoms with Crippen LogP contribution in [0.25, 0.3) is 0 Å². The molecule has 0 saturated heterocycles. The number of rotatable bonds is 9. The Labute approximate surface area is 112 Å². The van der Waals surface area contributed by atoms with Gasteiger partial charge in [0.05, 0.1) is 5.25 Å². The van der Waals surface area contributed by atoms with Crippen LogP contribution in [0.5, 0.6) is 0 Å². The van der Waals surface area contributed by atoms with E-state index in [-0.39, 0.29) is 5.25 Å². The minimum Gasteiger partial charge on any atom is -0.315 e. The first-order chi connectivity index (χ1) is 8.52. The molecule has 0 amide bonds. The van der Waals surface area contributed by atoms with E-state index in [0.717, 1.165) is 19.5 Å². The summed E-state index contributed by atoms with van der Waals surface area (Å²) in [6.45, 7) is 8.57. The summed E-state index contributed by atoms with van der Waals surface area (Å²) in [5.41, 5.74) is 0. The molecule has 1 saturated carbocycles. The third kappa shape index (κ3) is 4.21. The molecule has 0 heterocycles. The molecule has 1 aliphatic rings. The van der Waals surface area contributed by atoms with E-state index >= 15 is 0 Å². The summed E-state index contributed by atoms with van der Waals surface area (Å²) >= 11 is 0. The van der Waals surface area contributed by atoms with Crippen LogP contribution in [-0.2, 0) is 10.0 Å². The van der Waals surface area contributed by atoms with E-state index in [2.05, 4.69) is 12.2 Å². The monoisotopic (exact) mass is 276 g/mol. The van der Waals surface area contributed by atoms with Gasteiger partial charge in [0, 0.05) is 19.6 Å². The first-order valence-corrected chi connectivity index (χ1v) is 8.72. The summed E-state index contributed by atoms with van der Waals surface area (Å²) in [4.78, 5) is 0. The number of hydrogen-bond donors (Lipinski definition) is 1. The van der Waals surface area contributed by atoms with Crippen LogP contribution in [-0.4, -0.2) is 44.2 Å². The summed E-state index contributed by atoms with van der Waals surface area (Å²) in [7, 11) is -3.13. The second-order valence-electron chi connectivity index (χ2n) is 5.31. The number of nitrogens with zero attached hydrogens (tertiary/aromatic N) is 1. The predicted molar refractivity (Wildman–Crippen MR) is 76.1 cm³/mol. The third-order valence-electron chi connectivity index (χ3n) is 3.77. The number of nitrogens with one attached hydrogen (secondary N) is 1. The van der Waals surface area contributed by atoms with Crippen molar-refractivity contribution < 1.29 is 8.42 Å². The lowest BCUT2D eigenvalue weighted by molar-refractivity contribution is 0.248. The molecule has 1 rings (SSSR count). The molecule has 0 spiro atoms. The van der Waals surface area contributed by atoms with Gasteiger partial charge in [-0.2, -0.15) is 0 Å². The van der Waals surface area contributed by atoms with Crippen molar-refractivity contribution in [2.75, 3.05) is 26.2 Å². The van der Waals surface area contributed by atoms with Crippen LogP contribution in [0.2, 0.25) is 0 Å². The molecule has 1 unspecified atom stereocenters. The summed E-state index contributed by atoms with van der Waals surface area (Å²) in [5, 5.41) is 2.87. The molecule has 0 radical (unpaired) electrons. The maximum Gasteiger partial charge on any atom is 0.217 e. The maximum atomic E-state index is 12.4. The average Bonchev–Trinajstić information content (AvgIpc) is 2.27. The van der Waals surface area contributed by atoms with Crippen LogP contribution in [0.3, 0.4) is 0 Å². The Bertz CT molecular complexity index is 326. The van der Waals surface area contributed by atoms with Gasteiger partial charge in [-0.3, -0.25) is 0 Å². The van der Waals surface area contributed by atoms with E-state index in [4.69, 9.17) is 0 Å². The van der Waals surface area contributed by atoms with Crippen molar-refractivity contribution in [3.8, 4) is 0 Å². The van der Waals surface area contributed by atoms with Gasteiger partial charge < -0.3 is 5.32 Å². The first kappa shape index (κ1) is 15.9. The number of hydrogen-bond acceptors (Lipinski definition) is 3. The fourth-order valence-electron chi connectivity index (χ4n) is 2.22. The molecule has 5 heteroatoms. The van der Waals surface area contributed by atoms with Crippen LogP contribution < -0.4 is 5.32 Å². The first-order valence-electron chi connectivity index (χ1n) is 7.22. The van der Waals surface area contributed by atoms with Crippen LogP contribution in [0.15, 0.2) is 0 Å². The van der Waals surface area contributed by atoms with Gasteiger partial charge in [0.1, 0.15) is 0 Å². The molecule has 18 heavy (non-hydrogen) atoms. The minimum atomic E-state index is -3.13. The molecular formula is C13H28N2O2S. The molecule has 1 aliphatic carbocycles. The van der Waals surface area contributed by atoms with Crippen molar-refractivity contribution in [2.45, 2.75) is 51.7 Å².